The van der Waals surface area contributed by atoms with Crippen LogP contribution in [0.1, 0.15) is 27.7 Å². The fraction of sp³-hybridized carbons (Fsp3) is 0.692. The Balaban J connectivity index is 7.14. The van der Waals surface area contributed by atoms with Crippen molar-refractivity contribution in [2.75, 3.05) is 6.61 Å². The zero-order valence-electron chi connectivity index (χ0n) is 13.0. The van der Waals surface area contributed by atoms with Crippen LogP contribution >= 0.6 is 15.9 Å². The van der Waals surface area contributed by atoms with Crippen LogP contribution in [0.2, 0.25) is 0 Å². The van der Waals surface area contributed by atoms with Gasteiger partial charge in [0.1, 0.15) is 5.60 Å². The van der Waals surface area contributed by atoms with Crippen molar-refractivity contribution in [2.24, 2.45) is 0 Å². The highest BCUT2D eigenvalue weighted by atomic mass is 79.9. The van der Waals surface area contributed by atoms with E-state index >= 15 is 0 Å². The first-order valence-electron chi connectivity index (χ1n) is 6.32. The molecule has 5 N–H and O–H groups in total. The van der Waals surface area contributed by atoms with E-state index in [0.717, 1.165) is 0 Å². The second-order valence-electron chi connectivity index (χ2n) is 5.51. The first kappa shape index (κ1) is 22.0. The quantitative estimate of drug-likeness (QED) is 0.221. The molecule has 23 heavy (non-hydrogen) atoms. The average molecular weight is 399 g/mol. The molecule has 0 saturated heterocycles. The molecule has 0 fully saturated rings. The van der Waals surface area contributed by atoms with Gasteiger partial charge < -0.3 is 25.5 Å². The molecule has 0 aliphatic heterocycles. The molecule has 132 valence electrons. The van der Waals surface area contributed by atoms with Crippen molar-refractivity contribution in [3.63, 3.8) is 0 Å². The van der Waals surface area contributed by atoms with E-state index in [4.69, 9.17) is 0 Å². The van der Waals surface area contributed by atoms with Gasteiger partial charge in [-0.3, -0.25) is 19.2 Å². The van der Waals surface area contributed by atoms with Crippen molar-refractivity contribution < 1.29 is 44.7 Å². The van der Waals surface area contributed by atoms with Gasteiger partial charge in [0.25, 0.3) is 0 Å². The number of halogens is 1. The Bertz CT molecular complexity index is 542. The molecule has 0 aliphatic rings. The van der Waals surface area contributed by atoms with Crippen LogP contribution in [0.15, 0.2) is 0 Å². The predicted octanol–water partition coefficient (Wildman–Crippen LogP) is -2.39. The number of aliphatic hydroxyl groups is 5. The smallest absolute Gasteiger partial charge is 0.240 e. The third-order valence-corrected chi connectivity index (χ3v) is 4.52. The van der Waals surface area contributed by atoms with Gasteiger partial charge in [-0.1, -0.05) is 0 Å². The summed E-state index contributed by atoms with van der Waals surface area (Å²) < 4.78 is -1.62. The largest absolute Gasteiger partial charge is 0.393 e. The molecule has 0 radical (unpaired) electrons. The van der Waals surface area contributed by atoms with E-state index in [0.29, 0.717) is 27.7 Å². The number of hydrogen-bond acceptors (Lipinski definition) is 9. The monoisotopic (exact) mass is 398 g/mol. The van der Waals surface area contributed by atoms with E-state index in [9.17, 15) is 44.7 Å². The summed E-state index contributed by atoms with van der Waals surface area (Å²) in [4.78, 5) is 47.4. The van der Waals surface area contributed by atoms with Crippen molar-refractivity contribution in [3.05, 3.63) is 0 Å². The first-order valence-corrected chi connectivity index (χ1v) is 7.11. The fourth-order valence-electron chi connectivity index (χ4n) is 2.44. The topological polar surface area (TPSA) is 169 Å². The number of hydrogen-bond donors (Lipinski definition) is 5. The van der Waals surface area contributed by atoms with Crippen molar-refractivity contribution >= 4 is 38.0 Å². The molecule has 4 atom stereocenters. The van der Waals surface area contributed by atoms with Crippen LogP contribution in [-0.4, -0.2) is 76.6 Å². The first-order chi connectivity index (χ1) is 10.1. The Morgan fingerprint density at radius 3 is 1.35 bits per heavy atom. The zero-order chi connectivity index (χ0) is 19.0. The van der Waals surface area contributed by atoms with Crippen molar-refractivity contribution in [2.45, 2.75) is 50.1 Å². The number of Topliss-reactive ketones (excluding diaryl/α,β-unsaturated/α-hetero) is 3. The molecular weight excluding hydrogens is 380 g/mol. The minimum absolute atomic E-state index is 0.589. The van der Waals surface area contributed by atoms with Gasteiger partial charge in [-0.2, -0.15) is 0 Å². The molecule has 0 rings (SSSR count). The van der Waals surface area contributed by atoms with E-state index in [1.165, 1.54) is 0 Å². The number of rotatable bonds is 8. The van der Waals surface area contributed by atoms with Gasteiger partial charge in [-0.15, -0.1) is 0 Å². The Morgan fingerprint density at radius 1 is 0.826 bits per heavy atom. The maximum atomic E-state index is 12.0. The number of aliphatic hydroxyl groups excluding tert-OH is 1. The van der Waals surface area contributed by atoms with E-state index < -0.39 is 51.1 Å². The summed E-state index contributed by atoms with van der Waals surface area (Å²) in [7, 11) is 0. The summed E-state index contributed by atoms with van der Waals surface area (Å²) in [5.41, 5.74) is -13.8. The van der Waals surface area contributed by atoms with Crippen LogP contribution in [0.25, 0.3) is 0 Å². The third-order valence-electron chi connectivity index (χ3n) is 3.95. The van der Waals surface area contributed by atoms with E-state index in [-0.39, 0.29) is 0 Å². The molecule has 0 aromatic carbocycles. The van der Waals surface area contributed by atoms with Gasteiger partial charge in [-0.25, -0.2) is 0 Å². The lowest BCUT2D eigenvalue weighted by Crippen LogP contribution is -2.83. The predicted molar refractivity (Wildman–Crippen MR) is 78.5 cm³/mol. The van der Waals surface area contributed by atoms with E-state index in [1.54, 1.807) is 0 Å². The summed E-state index contributed by atoms with van der Waals surface area (Å²) >= 11 is 2.24. The molecular formula is C13H19BrO9. The van der Waals surface area contributed by atoms with Crippen LogP contribution in [0, 0.1) is 0 Å². The Labute approximate surface area is 140 Å². The molecule has 0 bridgehead atoms. The van der Waals surface area contributed by atoms with Gasteiger partial charge in [0.05, 0.1) is 6.61 Å². The molecule has 0 heterocycles. The highest BCUT2D eigenvalue weighted by molar-refractivity contribution is 9.18. The minimum Gasteiger partial charge on any atom is -0.393 e. The molecule has 0 aliphatic carbocycles. The van der Waals surface area contributed by atoms with Gasteiger partial charge in [0, 0.05) is 0 Å². The van der Waals surface area contributed by atoms with Crippen LogP contribution in [0.4, 0.5) is 0 Å². The normalized spacial score (nSPS) is 22.0. The Morgan fingerprint density at radius 2 is 1.17 bits per heavy atom. The highest BCUT2D eigenvalue weighted by Gasteiger charge is 2.76. The van der Waals surface area contributed by atoms with E-state index in [2.05, 4.69) is 15.9 Å². The summed E-state index contributed by atoms with van der Waals surface area (Å²) in [5, 5.41) is 51.1. The maximum Gasteiger partial charge on any atom is 0.240 e. The fourth-order valence-corrected chi connectivity index (χ4v) is 3.01. The number of ketones is 3. The second kappa shape index (κ2) is 6.46. The van der Waals surface area contributed by atoms with Crippen molar-refractivity contribution in [1.29, 1.82) is 0 Å². The molecule has 0 amide bonds. The lowest BCUT2D eigenvalue weighted by molar-refractivity contribution is -0.265. The van der Waals surface area contributed by atoms with Crippen molar-refractivity contribution in [3.8, 4) is 0 Å². The van der Waals surface area contributed by atoms with Gasteiger partial charge in [0.15, 0.2) is 23.0 Å². The molecule has 9 nitrogen and oxygen atoms in total. The molecule has 0 spiro atoms. The lowest BCUT2D eigenvalue weighted by Gasteiger charge is -2.51. The minimum atomic E-state index is -3.77. The van der Waals surface area contributed by atoms with Gasteiger partial charge in [-0.05, 0) is 43.6 Å². The third kappa shape index (κ3) is 2.69. The molecule has 0 saturated carbocycles. The van der Waals surface area contributed by atoms with Crippen molar-refractivity contribution in [1.82, 2.24) is 0 Å². The summed E-state index contributed by atoms with van der Waals surface area (Å²) in [5.74, 6) is -4.51. The Kier molecular flexibility index (Phi) is 6.17. The summed E-state index contributed by atoms with van der Waals surface area (Å²) in [6, 6.07) is 0. The van der Waals surface area contributed by atoms with Crippen LogP contribution in [-0.2, 0) is 19.2 Å². The lowest BCUT2D eigenvalue weighted by atomic mass is 9.60. The van der Waals surface area contributed by atoms with Crippen LogP contribution in [0.5, 0.6) is 0 Å². The summed E-state index contributed by atoms with van der Waals surface area (Å²) in [6.07, 6.45) is 0. The Hall–Kier alpha value is -1.04. The molecule has 0 aromatic heterocycles. The standard InChI is InChI=1S/C13H19BrO9/c1-6(16)11(21,9(14)19)13(23,8(3)18)12(22,7(2)17)10(4,20)5-15/h15,20-23H,5H2,1-4H3/t10-,11+,12-,13-/m1/s1. The second-order valence-corrected chi connectivity index (χ2v) is 6.23. The molecule has 10 heteroatoms. The van der Waals surface area contributed by atoms with Gasteiger partial charge in [0.2, 0.25) is 15.9 Å². The van der Waals surface area contributed by atoms with Crippen LogP contribution < -0.4 is 0 Å². The molecule has 0 aromatic rings. The van der Waals surface area contributed by atoms with E-state index in [1.807, 2.05) is 0 Å². The number of carbonyl (C=O) groups excluding carboxylic acids is 4. The maximum absolute atomic E-state index is 12.0. The number of carbonyl (C=O) groups is 4. The van der Waals surface area contributed by atoms with Gasteiger partial charge >= 0.3 is 0 Å². The zero-order valence-corrected chi connectivity index (χ0v) is 14.5. The van der Waals surface area contributed by atoms with Crippen LogP contribution in [0.3, 0.4) is 0 Å². The molecule has 0 unspecified atom stereocenters. The summed E-state index contributed by atoms with van der Waals surface area (Å²) in [6.45, 7) is 1.19. The SMILES string of the molecule is CC(=O)[C@](O)(C(=O)Br)[C@](O)(C(C)=O)[C@@](O)(C(C)=O)[C@](C)(O)CO. The average Bonchev–Trinajstić information content (AvgIpc) is 2.42. The highest BCUT2D eigenvalue weighted by Crippen LogP contribution is 2.43.